The Hall–Kier alpha value is -3.12. The molecule has 1 fully saturated rings. The highest BCUT2D eigenvalue weighted by Gasteiger charge is 2.26. The zero-order valence-corrected chi connectivity index (χ0v) is 15.7. The number of imidazole rings is 1. The Morgan fingerprint density at radius 3 is 3.07 bits per heavy atom. The van der Waals surface area contributed by atoms with Crippen molar-refractivity contribution < 1.29 is 0 Å². The molecule has 2 unspecified atom stereocenters. The van der Waals surface area contributed by atoms with Crippen molar-refractivity contribution in [1.29, 1.82) is 5.26 Å². The Morgan fingerprint density at radius 2 is 2.25 bits per heavy atom. The highest BCUT2D eigenvalue weighted by atomic mass is 35.5. The summed E-state index contributed by atoms with van der Waals surface area (Å²) in [5, 5.41) is 12.2. The summed E-state index contributed by atoms with van der Waals surface area (Å²) in [6.45, 7) is 0. The first-order valence-electron chi connectivity index (χ1n) is 9.04. The minimum atomic E-state index is -0.355. The van der Waals surface area contributed by atoms with Gasteiger partial charge in [0, 0.05) is 18.7 Å². The van der Waals surface area contributed by atoms with Crippen LogP contribution in [-0.4, -0.2) is 24.5 Å². The molecule has 1 aliphatic rings. The fourth-order valence-electron chi connectivity index (χ4n) is 3.80. The largest absolute Gasteiger partial charge is 0.327 e. The number of nitrogens with one attached hydrogen (secondary N) is 3. The minimum Gasteiger partial charge on any atom is -0.326 e. The second-order valence-corrected chi connectivity index (χ2v) is 7.40. The van der Waals surface area contributed by atoms with Crippen LogP contribution in [0.1, 0.15) is 38.1 Å². The van der Waals surface area contributed by atoms with Crippen LogP contribution in [0.5, 0.6) is 0 Å². The van der Waals surface area contributed by atoms with E-state index in [1.807, 2.05) is 0 Å². The molecule has 0 saturated heterocycles. The molecule has 3 heterocycles. The van der Waals surface area contributed by atoms with Gasteiger partial charge in [0.25, 0.3) is 5.56 Å². The Labute approximate surface area is 164 Å². The predicted molar refractivity (Wildman–Crippen MR) is 105 cm³/mol. The van der Waals surface area contributed by atoms with Crippen LogP contribution in [0.25, 0.3) is 11.2 Å². The summed E-state index contributed by atoms with van der Waals surface area (Å²) in [6, 6.07) is 3.68. The van der Waals surface area contributed by atoms with E-state index in [-0.39, 0.29) is 34.8 Å². The number of rotatable bonds is 4. The molecular formula is C18H18ClN7O2. The van der Waals surface area contributed by atoms with Gasteiger partial charge >= 0.3 is 5.69 Å². The molecule has 4 rings (SSSR count). The second-order valence-electron chi connectivity index (χ2n) is 6.97. The third kappa shape index (κ3) is 3.51. The van der Waals surface area contributed by atoms with E-state index in [9.17, 15) is 9.59 Å². The van der Waals surface area contributed by atoms with Crippen molar-refractivity contribution in [2.24, 2.45) is 5.92 Å². The van der Waals surface area contributed by atoms with E-state index in [1.54, 1.807) is 4.57 Å². The summed E-state index contributed by atoms with van der Waals surface area (Å²) in [6.07, 6.45) is 6.98. The fourth-order valence-corrected chi connectivity index (χ4v) is 3.96. The van der Waals surface area contributed by atoms with Gasteiger partial charge in [-0.25, -0.2) is 9.78 Å². The molecular weight excluding hydrogens is 382 g/mol. The lowest BCUT2D eigenvalue weighted by molar-refractivity contribution is 0.269. The number of hydrogen-bond donors (Lipinski definition) is 3. The number of halogens is 1. The number of aromatic nitrogens is 5. The number of anilines is 2. The molecule has 0 radical (unpaired) electrons. The molecule has 144 valence electrons. The van der Waals surface area contributed by atoms with E-state index >= 15 is 0 Å². The molecule has 28 heavy (non-hydrogen) atoms. The summed E-state index contributed by atoms with van der Waals surface area (Å²) in [5.41, 5.74) is 0.611. The first kappa shape index (κ1) is 18.3. The quantitative estimate of drug-likeness (QED) is 0.617. The summed E-state index contributed by atoms with van der Waals surface area (Å²) in [4.78, 5) is 38.4. The normalized spacial score (nSPS) is 19.4. The van der Waals surface area contributed by atoms with Crippen LogP contribution < -0.4 is 16.6 Å². The molecule has 0 amide bonds. The lowest BCUT2D eigenvalue weighted by Crippen LogP contribution is -2.27. The molecule has 3 aromatic heterocycles. The number of H-pyrrole nitrogens is 2. The molecule has 0 bridgehead atoms. The van der Waals surface area contributed by atoms with Crippen molar-refractivity contribution in [3.05, 3.63) is 44.3 Å². The average molecular weight is 400 g/mol. The van der Waals surface area contributed by atoms with Gasteiger partial charge in [-0.15, -0.1) is 0 Å². The maximum atomic E-state index is 12.6. The van der Waals surface area contributed by atoms with Crippen LogP contribution in [0.2, 0.25) is 5.02 Å². The molecule has 9 nitrogen and oxygen atoms in total. The van der Waals surface area contributed by atoms with Crippen LogP contribution in [0.4, 0.5) is 11.6 Å². The zero-order chi connectivity index (χ0) is 19.7. The van der Waals surface area contributed by atoms with E-state index in [4.69, 9.17) is 16.9 Å². The van der Waals surface area contributed by atoms with Gasteiger partial charge in [0.2, 0.25) is 5.95 Å². The van der Waals surface area contributed by atoms with Crippen LogP contribution in [-0.2, 0) is 0 Å². The topological polar surface area (TPSA) is 132 Å². The smallest absolute Gasteiger partial charge is 0.326 e. The molecule has 1 aliphatic carbocycles. The molecule has 10 heteroatoms. The van der Waals surface area contributed by atoms with E-state index in [1.165, 1.54) is 18.5 Å². The summed E-state index contributed by atoms with van der Waals surface area (Å²) in [7, 11) is 0. The zero-order valence-electron chi connectivity index (χ0n) is 14.9. The van der Waals surface area contributed by atoms with Crippen molar-refractivity contribution in [1.82, 2.24) is 24.5 Å². The summed E-state index contributed by atoms with van der Waals surface area (Å²) in [5.74, 6) is 0.474. The number of aromatic amines is 2. The van der Waals surface area contributed by atoms with E-state index in [0.717, 1.165) is 25.7 Å². The van der Waals surface area contributed by atoms with E-state index in [0.29, 0.717) is 22.6 Å². The Balaban J connectivity index is 1.70. The fraction of sp³-hybridized carbons (Fsp3) is 0.389. The Morgan fingerprint density at radius 1 is 1.39 bits per heavy atom. The minimum absolute atomic E-state index is 0.0225. The van der Waals surface area contributed by atoms with Crippen molar-refractivity contribution in [3.63, 3.8) is 0 Å². The third-order valence-electron chi connectivity index (χ3n) is 5.07. The number of fused-ring (bicyclic) bond motifs is 1. The van der Waals surface area contributed by atoms with Crippen molar-refractivity contribution in [2.45, 2.75) is 38.1 Å². The van der Waals surface area contributed by atoms with E-state index in [2.05, 4.69) is 31.3 Å². The Bertz CT molecular complexity index is 1170. The molecule has 3 N–H and O–H groups in total. The second kappa shape index (κ2) is 7.48. The maximum absolute atomic E-state index is 12.6. The first-order valence-corrected chi connectivity index (χ1v) is 9.42. The SMILES string of the molecule is N#CCC1CCCC(n2c(=O)[nH]c3cnc(Nc4cc(Cl)c[nH]c4=O)nc32)C1. The molecule has 0 aromatic carbocycles. The van der Waals surface area contributed by atoms with E-state index < -0.39 is 0 Å². The van der Waals surface area contributed by atoms with Crippen LogP contribution in [0.3, 0.4) is 0 Å². The van der Waals surface area contributed by atoms with Gasteiger partial charge in [-0.05, 0) is 31.2 Å². The van der Waals surface area contributed by atoms with Crippen molar-refractivity contribution in [2.75, 3.05) is 5.32 Å². The number of pyridine rings is 1. The number of nitrogens with zero attached hydrogens (tertiary/aromatic N) is 4. The van der Waals surface area contributed by atoms with Gasteiger partial charge in [-0.1, -0.05) is 18.0 Å². The molecule has 2 atom stereocenters. The molecule has 0 aliphatic heterocycles. The van der Waals surface area contributed by atoms with Gasteiger partial charge in [-0.2, -0.15) is 10.2 Å². The lowest BCUT2D eigenvalue weighted by Gasteiger charge is -2.28. The monoisotopic (exact) mass is 399 g/mol. The lowest BCUT2D eigenvalue weighted by atomic mass is 9.84. The van der Waals surface area contributed by atoms with Gasteiger partial charge < -0.3 is 15.3 Å². The highest BCUT2D eigenvalue weighted by molar-refractivity contribution is 6.30. The number of nitriles is 1. The van der Waals surface area contributed by atoms with Gasteiger partial charge in [0.15, 0.2) is 5.65 Å². The third-order valence-corrected chi connectivity index (χ3v) is 5.29. The van der Waals surface area contributed by atoms with Crippen LogP contribution in [0.15, 0.2) is 28.0 Å². The van der Waals surface area contributed by atoms with Crippen LogP contribution in [0, 0.1) is 17.2 Å². The van der Waals surface area contributed by atoms with Crippen LogP contribution >= 0.6 is 11.6 Å². The summed E-state index contributed by atoms with van der Waals surface area (Å²) < 4.78 is 1.65. The standard InChI is InChI=1S/C18H18ClN7O2/c19-11-7-13(16(27)21-8-11)23-17-22-9-14-15(25-17)26(18(28)24-14)12-3-1-2-10(6-12)4-5-20/h7-10,12H,1-4,6H2,(H,21,27)(H,24,28)(H,22,23,25). The average Bonchev–Trinajstić information content (AvgIpc) is 3.00. The van der Waals surface area contributed by atoms with Crippen molar-refractivity contribution in [3.8, 4) is 6.07 Å². The van der Waals surface area contributed by atoms with Gasteiger partial charge in [0.05, 0.1) is 17.3 Å². The molecule has 3 aromatic rings. The number of hydrogen-bond acceptors (Lipinski definition) is 6. The van der Waals surface area contributed by atoms with Gasteiger partial charge in [-0.3, -0.25) is 9.36 Å². The molecule has 0 spiro atoms. The maximum Gasteiger partial charge on any atom is 0.327 e. The highest BCUT2D eigenvalue weighted by Crippen LogP contribution is 2.34. The molecule has 1 saturated carbocycles. The van der Waals surface area contributed by atoms with Gasteiger partial charge in [0.1, 0.15) is 11.2 Å². The first-order chi connectivity index (χ1) is 13.5. The Kier molecular flexibility index (Phi) is 4.88. The summed E-state index contributed by atoms with van der Waals surface area (Å²) >= 11 is 5.92. The predicted octanol–water partition coefficient (Wildman–Crippen LogP) is 2.85. The van der Waals surface area contributed by atoms with Crippen molar-refractivity contribution >= 4 is 34.4 Å².